The van der Waals surface area contributed by atoms with Crippen LogP contribution in [0.15, 0.2) is 96.8 Å². The van der Waals surface area contributed by atoms with Crippen LogP contribution in [0.3, 0.4) is 0 Å². The second kappa shape index (κ2) is 15.3. The third kappa shape index (κ3) is 7.75. The summed E-state index contributed by atoms with van der Waals surface area (Å²) in [5, 5.41) is 0. The van der Waals surface area contributed by atoms with Crippen LogP contribution in [-0.2, 0) is 24.4 Å². The van der Waals surface area contributed by atoms with E-state index in [0.29, 0.717) is 13.2 Å². The molecule has 0 aliphatic carbocycles. The van der Waals surface area contributed by atoms with Gasteiger partial charge in [-0.2, -0.15) is 4.58 Å². The maximum absolute atomic E-state index is 5.72. The standard InChI is InChI=1S/C36H47N2O4/c1-28-16-10-12-19-31(28)37(24-15-14-22-34(39-5)40-6)29(2)17-8-7-9-21-33-36(3,4)30-18-11-13-20-32(30)38(33)25-23-35-41-26-27-42-35/h7-14,16-22,34-35H,15,23-27H2,1-6H3/q+1/b22-14+. The summed E-state index contributed by atoms with van der Waals surface area (Å²) >= 11 is 0. The maximum Gasteiger partial charge on any atom is 0.209 e. The molecule has 1 saturated heterocycles. The normalized spacial score (nSPS) is 17.5. The van der Waals surface area contributed by atoms with E-state index in [9.17, 15) is 0 Å². The minimum Gasteiger partial charge on any atom is -0.352 e. The van der Waals surface area contributed by atoms with Gasteiger partial charge in [0.25, 0.3) is 0 Å². The highest BCUT2D eigenvalue weighted by atomic mass is 16.7. The third-order valence-corrected chi connectivity index (χ3v) is 8.00. The van der Waals surface area contributed by atoms with Crippen molar-refractivity contribution < 1.29 is 23.5 Å². The molecule has 0 N–H and O–H groups in total. The Hall–Kier alpha value is -3.29. The zero-order chi connectivity index (χ0) is 30.0. The highest BCUT2D eigenvalue weighted by Gasteiger charge is 2.44. The first-order chi connectivity index (χ1) is 20.4. The zero-order valence-corrected chi connectivity index (χ0v) is 26.1. The summed E-state index contributed by atoms with van der Waals surface area (Å²) in [6, 6.07) is 17.2. The highest BCUT2D eigenvalue weighted by molar-refractivity contribution is 6.03. The summed E-state index contributed by atoms with van der Waals surface area (Å²) in [5.41, 5.74) is 7.45. The van der Waals surface area contributed by atoms with E-state index in [2.05, 4.69) is 122 Å². The van der Waals surface area contributed by atoms with E-state index < -0.39 is 0 Å². The Bertz CT molecular complexity index is 1330. The first-order valence-corrected chi connectivity index (χ1v) is 14.9. The van der Waals surface area contributed by atoms with Crippen molar-refractivity contribution in [1.29, 1.82) is 0 Å². The van der Waals surface area contributed by atoms with Gasteiger partial charge in [-0.25, -0.2) is 0 Å². The average molecular weight is 572 g/mol. The number of rotatable bonds is 14. The SMILES string of the molecule is COC(/C=C/CCN(/C(C)=C/C=C/C=C/C1=[N+](CCC2OCCO2)c2ccccc2C1(C)C)c1ccccc1C)OC. The number of anilines is 1. The molecule has 0 saturated carbocycles. The van der Waals surface area contributed by atoms with Crippen LogP contribution in [0.25, 0.3) is 0 Å². The molecule has 224 valence electrons. The first-order valence-electron chi connectivity index (χ1n) is 14.9. The van der Waals surface area contributed by atoms with Crippen molar-refractivity contribution in [2.24, 2.45) is 0 Å². The molecule has 6 nitrogen and oxygen atoms in total. The third-order valence-electron chi connectivity index (χ3n) is 8.00. The summed E-state index contributed by atoms with van der Waals surface area (Å²) in [5.74, 6) is 0. The monoisotopic (exact) mass is 571 g/mol. The molecule has 0 spiro atoms. The molecule has 0 radical (unpaired) electrons. The molecular formula is C36H47N2O4+. The number of aryl methyl sites for hydroxylation is 1. The predicted octanol–water partition coefficient (Wildman–Crippen LogP) is 7.22. The number of ether oxygens (including phenoxy) is 4. The fourth-order valence-electron chi connectivity index (χ4n) is 5.70. The number of para-hydroxylation sites is 2. The molecule has 1 fully saturated rings. The molecule has 2 aliphatic rings. The van der Waals surface area contributed by atoms with Crippen molar-refractivity contribution in [3.05, 3.63) is 108 Å². The number of benzene rings is 2. The van der Waals surface area contributed by atoms with Crippen molar-refractivity contribution in [3.8, 4) is 0 Å². The number of fused-ring (bicyclic) bond motifs is 1. The van der Waals surface area contributed by atoms with E-state index in [4.69, 9.17) is 18.9 Å². The highest BCUT2D eigenvalue weighted by Crippen LogP contribution is 2.40. The lowest BCUT2D eigenvalue weighted by atomic mass is 9.81. The summed E-state index contributed by atoms with van der Waals surface area (Å²) in [4.78, 5) is 2.36. The van der Waals surface area contributed by atoms with Gasteiger partial charge in [0.1, 0.15) is 0 Å². The van der Waals surface area contributed by atoms with Crippen LogP contribution in [0.2, 0.25) is 0 Å². The number of hydrogen-bond acceptors (Lipinski definition) is 5. The minimum atomic E-state index is -0.320. The lowest BCUT2D eigenvalue weighted by Crippen LogP contribution is -2.28. The van der Waals surface area contributed by atoms with Gasteiger partial charge < -0.3 is 23.8 Å². The molecule has 2 heterocycles. The molecule has 4 rings (SSSR count). The Labute approximate surface area is 252 Å². The molecule has 2 aromatic rings. The van der Waals surface area contributed by atoms with E-state index in [1.165, 1.54) is 33.9 Å². The van der Waals surface area contributed by atoms with Crippen LogP contribution in [0, 0.1) is 6.92 Å². The summed E-state index contributed by atoms with van der Waals surface area (Å²) < 4.78 is 24.4. The number of methoxy groups -OCH3 is 2. The largest absolute Gasteiger partial charge is 0.352 e. The molecular weight excluding hydrogens is 524 g/mol. The van der Waals surface area contributed by atoms with Crippen molar-refractivity contribution >= 4 is 17.1 Å². The summed E-state index contributed by atoms with van der Waals surface area (Å²) in [6.45, 7) is 12.0. The molecule has 2 aromatic carbocycles. The van der Waals surface area contributed by atoms with Crippen LogP contribution in [0.1, 0.15) is 44.7 Å². The Balaban J connectivity index is 1.51. The second-order valence-corrected chi connectivity index (χ2v) is 11.2. The Morgan fingerprint density at radius 1 is 1.02 bits per heavy atom. The van der Waals surface area contributed by atoms with Crippen molar-refractivity contribution in [1.82, 2.24) is 0 Å². The van der Waals surface area contributed by atoms with Crippen LogP contribution in [-0.4, -0.2) is 63.4 Å². The van der Waals surface area contributed by atoms with Gasteiger partial charge in [-0.3, -0.25) is 0 Å². The van der Waals surface area contributed by atoms with Crippen molar-refractivity contribution in [2.45, 2.75) is 58.5 Å². The van der Waals surface area contributed by atoms with Crippen LogP contribution in [0.5, 0.6) is 0 Å². The van der Waals surface area contributed by atoms with Gasteiger partial charge in [0.15, 0.2) is 24.8 Å². The summed E-state index contributed by atoms with van der Waals surface area (Å²) in [6.07, 6.45) is 16.2. The molecule has 6 heteroatoms. The van der Waals surface area contributed by atoms with Gasteiger partial charge >= 0.3 is 0 Å². The quantitative estimate of drug-likeness (QED) is 0.104. The Kier molecular flexibility index (Phi) is 11.5. The van der Waals surface area contributed by atoms with Crippen LogP contribution < -0.4 is 4.90 Å². The topological polar surface area (TPSA) is 43.2 Å². The molecule has 2 aliphatic heterocycles. The fraction of sp³-hybridized carbons (Fsp3) is 0.417. The molecule has 0 bridgehead atoms. The fourth-order valence-corrected chi connectivity index (χ4v) is 5.70. The number of allylic oxidation sites excluding steroid dienone is 6. The lowest BCUT2D eigenvalue weighted by molar-refractivity contribution is -0.442. The Morgan fingerprint density at radius 2 is 1.74 bits per heavy atom. The zero-order valence-electron chi connectivity index (χ0n) is 26.1. The van der Waals surface area contributed by atoms with Crippen LogP contribution >= 0.6 is 0 Å². The molecule has 42 heavy (non-hydrogen) atoms. The van der Waals surface area contributed by atoms with E-state index in [0.717, 1.165) is 25.9 Å². The van der Waals surface area contributed by atoms with E-state index in [1.54, 1.807) is 14.2 Å². The van der Waals surface area contributed by atoms with Gasteiger partial charge in [0.2, 0.25) is 5.69 Å². The van der Waals surface area contributed by atoms with Gasteiger partial charge in [-0.1, -0.05) is 60.7 Å². The van der Waals surface area contributed by atoms with Gasteiger partial charge in [0.05, 0.1) is 25.0 Å². The Morgan fingerprint density at radius 3 is 2.48 bits per heavy atom. The maximum atomic E-state index is 5.72. The van der Waals surface area contributed by atoms with Crippen molar-refractivity contribution in [2.75, 3.05) is 45.4 Å². The predicted molar refractivity (Wildman–Crippen MR) is 172 cm³/mol. The van der Waals surface area contributed by atoms with Gasteiger partial charge in [-0.05, 0) is 57.9 Å². The molecule has 0 atom stereocenters. The molecule has 0 amide bonds. The average Bonchev–Trinajstić information content (AvgIpc) is 3.59. The smallest absolute Gasteiger partial charge is 0.209 e. The van der Waals surface area contributed by atoms with Gasteiger partial charge in [0, 0.05) is 49.9 Å². The summed E-state index contributed by atoms with van der Waals surface area (Å²) in [7, 11) is 3.30. The van der Waals surface area contributed by atoms with E-state index in [-0.39, 0.29) is 18.0 Å². The lowest BCUT2D eigenvalue weighted by Gasteiger charge is -2.27. The number of hydrogen-bond donors (Lipinski definition) is 0. The number of nitrogens with zero attached hydrogens (tertiary/aromatic N) is 2. The van der Waals surface area contributed by atoms with E-state index in [1.807, 2.05) is 6.08 Å². The molecule has 0 aromatic heterocycles. The van der Waals surface area contributed by atoms with E-state index >= 15 is 0 Å². The van der Waals surface area contributed by atoms with Gasteiger partial charge in [-0.15, -0.1) is 0 Å². The van der Waals surface area contributed by atoms with Crippen molar-refractivity contribution in [3.63, 3.8) is 0 Å². The first kappa shape index (κ1) is 31.6. The minimum absolute atomic E-state index is 0.0934. The molecule has 0 unspecified atom stereocenters. The van der Waals surface area contributed by atoms with Crippen LogP contribution in [0.4, 0.5) is 11.4 Å². The second-order valence-electron chi connectivity index (χ2n) is 11.2.